The molecule has 1 atom stereocenters. The minimum Gasteiger partial charge on any atom is -0.465 e. The number of ether oxygens (including phenoxy) is 1. The fraction of sp³-hybridized carbons (Fsp3) is 0.333. The van der Waals surface area contributed by atoms with Crippen LogP contribution in [0, 0.1) is 0 Å². The zero-order valence-electron chi connectivity index (χ0n) is 7.65. The number of hydrogen-bond acceptors (Lipinski definition) is 4. The summed E-state index contributed by atoms with van der Waals surface area (Å²) < 4.78 is 4.59. The Morgan fingerprint density at radius 3 is 2.92 bits per heavy atom. The maximum absolute atomic E-state index is 11.2. The zero-order valence-corrected chi connectivity index (χ0v) is 7.65. The van der Waals surface area contributed by atoms with Crippen molar-refractivity contribution in [1.29, 1.82) is 0 Å². The van der Waals surface area contributed by atoms with Crippen LogP contribution >= 0.6 is 0 Å². The maximum Gasteiger partial charge on any atom is 0.339 e. The first-order valence-corrected chi connectivity index (χ1v) is 3.95. The van der Waals surface area contributed by atoms with Crippen LogP contribution in [0.15, 0.2) is 18.3 Å². The minimum absolute atomic E-state index is 0.268. The molecule has 0 saturated carbocycles. The van der Waals surface area contributed by atoms with Gasteiger partial charge in [0, 0.05) is 12.2 Å². The van der Waals surface area contributed by atoms with Crippen LogP contribution in [0.4, 0.5) is 0 Å². The minimum atomic E-state index is -0.402. The average molecular weight is 180 g/mol. The lowest BCUT2D eigenvalue weighted by Gasteiger charge is -2.08. The average Bonchev–Trinajstić information content (AvgIpc) is 2.16. The predicted molar refractivity (Wildman–Crippen MR) is 48.2 cm³/mol. The highest BCUT2D eigenvalue weighted by Crippen LogP contribution is 2.12. The molecule has 1 aromatic rings. The van der Waals surface area contributed by atoms with Crippen molar-refractivity contribution in [3.8, 4) is 0 Å². The fourth-order valence-electron chi connectivity index (χ4n) is 1.06. The first-order chi connectivity index (χ1) is 6.16. The molecule has 0 radical (unpaired) electrons. The Kier molecular flexibility index (Phi) is 2.97. The standard InChI is InChI=1S/C9H12N2O2/c1-6(10)8-7(9(12)13-2)4-3-5-11-8/h3-6H,10H2,1-2H3. The molecule has 70 valence electrons. The molecule has 4 heteroatoms. The van der Waals surface area contributed by atoms with E-state index in [2.05, 4.69) is 9.72 Å². The summed E-state index contributed by atoms with van der Waals surface area (Å²) in [5.74, 6) is -0.402. The topological polar surface area (TPSA) is 65.2 Å². The second kappa shape index (κ2) is 4.00. The normalized spacial score (nSPS) is 12.2. The van der Waals surface area contributed by atoms with Crippen LogP contribution in [-0.2, 0) is 4.74 Å². The van der Waals surface area contributed by atoms with Crippen molar-refractivity contribution in [2.75, 3.05) is 7.11 Å². The second-order valence-corrected chi connectivity index (χ2v) is 2.72. The predicted octanol–water partition coefficient (Wildman–Crippen LogP) is 0.888. The summed E-state index contributed by atoms with van der Waals surface area (Å²) in [5.41, 5.74) is 6.63. The lowest BCUT2D eigenvalue weighted by Crippen LogP contribution is -2.14. The highest BCUT2D eigenvalue weighted by Gasteiger charge is 2.14. The molecule has 2 N–H and O–H groups in total. The van der Waals surface area contributed by atoms with Crippen molar-refractivity contribution in [3.63, 3.8) is 0 Å². The zero-order chi connectivity index (χ0) is 9.84. The number of methoxy groups -OCH3 is 1. The summed E-state index contributed by atoms with van der Waals surface area (Å²) >= 11 is 0. The van der Waals surface area contributed by atoms with E-state index in [1.54, 1.807) is 25.3 Å². The Labute approximate surface area is 76.7 Å². The molecule has 0 aromatic carbocycles. The van der Waals surface area contributed by atoms with Crippen molar-refractivity contribution < 1.29 is 9.53 Å². The summed E-state index contributed by atoms with van der Waals surface area (Å²) in [6.07, 6.45) is 1.60. The van der Waals surface area contributed by atoms with Gasteiger partial charge in [-0.15, -0.1) is 0 Å². The van der Waals surface area contributed by atoms with Gasteiger partial charge in [-0.3, -0.25) is 4.98 Å². The highest BCUT2D eigenvalue weighted by molar-refractivity contribution is 5.90. The molecule has 1 rings (SSSR count). The molecule has 0 amide bonds. The lowest BCUT2D eigenvalue weighted by atomic mass is 10.1. The number of aromatic nitrogens is 1. The Balaban J connectivity index is 3.12. The second-order valence-electron chi connectivity index (χ2n) is 2.72. The highest BCUT2D eigenvalue weighted by atomic mass is 16.5. The summed E-state index contributed by atoms with van der Waals surface area (Å²) in [5, 5.41) is 0. The third-order valence-electron chi connectivity index (χ3n) is 1.68. The van der Waals surface area contributed by atoms with Gasteiger partial charge in [0.1, 0.15) is 0 Å². The van der Waals surface area contributed by atoms with Crippen LogP contribution in [0.5, 0.6) is 0 Å². The molecule has 4 nitrogen and oxygen atoms in total. The van der Waals surface area contributed by atoms with Gasteiger partial charge in [0.05, 0.1) is 18.4 Å². The SMILES string of the molecule is COC(=O)c1cccnc1C(C)N. The number of rotatable bonds is 2. The van der Waals surface area contributed by atoms with Gasteiger partial charge < -0.3 is 10.5 Å². The fourth-order valence-corrected chi connectivity index (χ4v) is 1.06. The van der Waals surface area contributed by atoms with E-state index in [0.29, 0.717) is 11.3 Å². The smallest absolute Gasteiger partial charge is 0.339 e. The van der Waals surface area contributed by atoms with Crippen LogP contribution < -0.4 is 5.73 Å². The molecule has 1 heterocycles. The van der Waals surface area contributed by atoms with Gasteiger partial charge in [-0.1, -0.05) is 0 Å². The van der Waals surface area contributed by atoms with Gasteiger partial charge >= 0.3 is 5.97 Å². The molecule has 13 heavy (non-hydrogen) atoms. The van der Waals surface area contributed by atoms with Crippen molar-refractivity contribution >= 4 is 5.97 Å². The molecule has 0 aliphatic rings. The van der Waals surface area contributed by atoms with Crippen LogP contribution in [0.3, 0.4) is 0 Å². The summed E-state index contributed by atoms with van der Waals surface area (Å²) in [6.45, 7) is 1.77. The molecule has 1 unspecified atom stereocenters. The summed E-state index contributed by atoms with van der Waals surface area (Å²) in [7, 11) is 1.33. The number of hydrogen-bond donors (Lipinski definition) is 1. The van der Waals surface area contributed by atoms with Gasteiger partial charge in [0.15, 0.2) is 0 Å². The van der Waals surface area contributed by atoms with Gasteiger partial charge in [-0.2, -0.15) is 0 Å². The molecule has 0 aliphatic heterocycles. The molecule has 0 saturated heterocycles. The van der Waals surface area contributed by atoms with E-state index in [9.17, 15) is 4.79 Å². The largest absolute Gasteiger partial charge is 0.465 e. The molecule has 0 bridgehead atoms. The number of esters is 1. The number of nitrogens with two attached hydrogens (primary N) is 1. The van der Waals surface area contributed by atoms with Crippen LogP contribution in [0.1, 0.15) is 29.0 Å². The van der Waals surface area contributed by atoms with Crippen molar-refractivity contribution in [2.45, 2.75) is 13.0 Å². The molecule has 0 spiro atoms. The van der Waals surface area contributed by atoms with Crippen molar-refractivity contribution in [2.24, 2.45) is 5.73 Å². The van der Waals surface area contributed by atoms with Crippen LogP contribution in [-0.4, -0.2) is 18.1 Å². The van der Waals surface area contributed by atoms with E-state index in [0.717, 1.165) is 0 Å². The van der Waals surface area contributed by atoms with Gasteiger partial charge in [0.2, 0.25) is 0 Å². The van der Waals surface area contributed by atoms with Gasteiger partial charge in [-0.05, 0) is 19.1 Å². The van der Waals surface area contributed by atoms with Crippen molar-refractivity contribution in [3.05, 3.63) is 29.6 Å². The third-order valence-corrected chi connectivity index (χ3v) is 1.68. The Morgan fingerprint density at radius 2 is 2.38 bits per heavy atom. The first kappa shape index (κ1) is 9.67. The lowest BCUT2D eigenvalue weighted by molar-refractivity contribution is 0.0598. The van der Waals surface area contributed by atoms with E-state index in [1.165, 1.54) is 7.11 Å². The molecular weight excluding hydrogens is 168 g/mol. The Bertz CT molecular complexity index is 310. The summed E-state index contributed by atoms with van der Waals surface area (Å²) in [4.78, 5) is 15.2. The first-order valence-electron chi connectivity index (χ1n) is 3.95. The monoisotopic (exact) mass is 180 g/mol. The molecular formula is C9H12N2O2. The summed E-state index contributed by atoms with van der Waals surface area (Å²) in [6, 6.07) is 3.06. The Morgan fingerprint density at radius 1 is 1.69 bits per heavy atom. The van der Waals surface area contributed by atoms with E-state index in [1.807, 2.05) is 0 Å². The molecule has 0 fully saturated rings. The molecule has 0 aliphatic carbocycles. The van der Waals surface area contributed by atoms with E-state index in [4.69, 9.17) is 5.73 Å². The molecule has 1 aromatic heterocycles. The number of nitrogens with zero attached hydrogens (tertiary/aromatic N) is 1. The number of pyridine rings is 1. The van der Waals surface area contributed by atoms with E-state index in [-0.39, 0.29) is 6.04 Å². The third kappa shape index (κ3) is 2.03. The van der Waals surface area contributed by atoms with Crippen molar-refractivity contribution in [1.82, 2.24) is 4.98 Å². The van der Waals surface area contributed by atoms with E-state index < -0.39 is 5.97 Å². The Hall–Kier alpha value is -1.42. The van der Waals surface area contributed by atoms with Gasteiger partial charge in [-0.25, -0.2) is 4.79 Å². The number of carbonyl (C=O) groups is 1. The van der Waals surface area contributed by atoms with E-state index >= 15 is 0 Å². The maximum atomic E-state index is 11.2. The number of carbonyl (C=O) groups excluding carboxylic acids is 1. The van der Waals surface area contributed by atoms with Crippen LogP contribution in [0.25, 0.3) is 0 Å². The van der Waals surface area contributed by atoms with Gasteiger partial charge in [0.25, 0.3) is 0 Å². The quantitative estimate of drug-likeness (QED) is 0.686. The van der Waals surface area contributed by atoms with Crippen LogP contribution in [0.2, 0.25) is 0 Å².